The first-order valence-corrected chi connectivity index (χ1v) is 12.7. The normalized spacial score (nSPS) is 12.5. The number of anilines is 1. The highest BCUT2D eigenvalue weighted by Gasteiger charge is 2.32. The van der Waals surface area contributed by atoms with Gasteiger partial charge < -0.3 is 15.4 Å². The Morgan fingerprint density at radius 2 is 1.73 bits per heavy atom. The summed E-state index contributed by atoms with van der Waals surface area (Å²) >= 11 is 0. The monoisotopic (exact) mass is 647 g/mol. The molecule has 3 aromatic heterocycles. The molecule has 4 aromatic rings. The molecule has 0 fully saturated rings. The van der Waals surface area contributed by atoms with E-state index in [0.717, 1.165) is 47.4 Å². The van der Waals surface area contributed by atoms with Gasteiger partial charge in [0, 0.05) is 24.7 Å². The van der Waals surface area contributed by atoms with E-state index >= 15 is 0 Å². The van der Waals surface area contributed by atoms with Gasteiger partial charge in [0.1, 0.15) is 17.7 Å². The highest BCUT2D eigenvalue weighted by Crippen LogP contribution is 2.29. The molecule has 3 heterocycles. The van der Waals surface area contributed by atoms with E-state index < -0.39 is 54.1 Å². The molecule has 0 saturated carbocycles. The average molecular weight is 647 g/mol. The summed E-state index contributed by atoms with van der Waals surface area (Å²) in [7, 11) is 0. The first-order chi connectivity index (χ1) is 21.1. The number of carbonyl (C=O) groups excluding carboxylic acids is 2. The molecule has 1 aromatic carbocycles. The van der Waals surface area contributed by atoms with Gasteiger partial charge in [-0.2, -0.15) is 13.2 Å². The lowest BCUT2D eigenvalue weighted by molar-refractivity contribution is -0.274. The van der Waals surface area contributed by atoms with E-state index in [4.69, 9.17) is 0 Å². The highest BCUT2D eigenvalue weighted by molar-refractivity contribution is 5.92. The number of ether oxygens (including phenoxy) is 1. The Morgan fingerprint density at radius 3 is 2.47 bits per heavy atom. The number of rotatable bonds is 12. The number of halogens is 8. The number of amides is 2. The van der Waals surface area contributed by atoms with Gasteiger partial charge in [-0.3, -0.25) is 19.3 Å². The number of hydrogen-bond donors (Lipinski definition) is 2. The molecule has 1 atom stereocenters. The third-order valence-electron chi connectivity index (χ3n) is 5.81. The number of benzene rings is 1. The van der Waals surface area contributed by atoms with Crippen molar-refractivity contribution < 1.29 is 49.4 Å². The summed E-state index contributed by atoms with van der Waals surface area (Å²) in [4.78, 5) is 28.3. The van der Waals surface area contributed by atoms with Crippen LogP contribution in [-0.4, -0.2) is 59.3 Å². The zero-order chi connectivity index (χ0) is 32.8. The maximum absolute atomic E-state index is 14.6. The SMILES string of the molecule is O=C(Cc1cc(OC(F)(F)F)ccc1F)Nc1cn(CCC(F)Cn2cc(C(=O)NCc3cc(C(F)(F)F)ccn3)nn2)nn1. The fraction of sp³-hybridized carbons (Fsp3) is 0.320. The van der Waals surface area contributed by atoms with E-state index in [-0.39, 0.29) is 48.8 Å². The lowest BCUT2D eigenvalue weighted by Gasteiger charge is -2.10. The largest absolute Gasteiger partial charge is 0.573 e. The van der Waals surface area contributed by atoms with Crippen molar-refractivity contribution in [2.75, 3.05) is 5.32 Å². The van der Waals surface area contributed by atoms with Crippen LogP contribution in [0.4, 0.5) is 40.9 Å². The number of aromatic nitrogens is 7. The van der Waals surface area contributed by atoms with Crippen molar-refractivity contribution in [1.82, 2.24) is 40.3 Å². The van der Waals surface area contributed by atoms with Gasteiger partial charge in [0.25, 0.3) is 5.91 Å². The molecule has 45 heavy (non-hydrogen) atoms. The quantitative estimate of drug-likeness (QED) is 0.221. The standard InChI is InChI=1S/C25H21F8N9O3/c26-16(11-42-12-20(37-39-42)23(44)35-10-17-9-15(3-5-34-17)24(28,29)30)4-6-41-13-21(38-40-41)36-22(43)8-14-7-18(1-2-19(14)27)45-25(31,32)33/h1-3,5,7,9,12-13,16H,4,6,8,10-11H2,(H,35,44)(H,36,43). The van der Waals surface area contributed by atoms with Gasteiger partial charge in [-0.25, -0.2) is 13.5 Å². The fourth-order valence-electron chi connectivity index (χ4n) is 3.78. The molecular formula is C25H21F8N9O3. The van der Waals surface area contributed by atoms with Gasteiger partial charge in [0.15, 0.2) is 11.5 Å². The Balaban J connectivity index is 1.22. The Morgan fingerprint density at radius 1 is 0.978 bits per heavy atom. The predicted molar refractivity (Wildman–Crippen MR) is 135 cm³/mol. The van der Waals surface area contributed by atoms with Gasteiger partial charge in [-0.1, -0.05) is 10.4 Å². The molecule has 2 amide bonds. The summed E-state index contributed by atoms with van der Waals surface area (Å²) in [5.74, 6) is -3.28. The lowest BCUT2D eigenvalue weighted by Crippen LogP contribution is -2.24. The van der Waals surface area contributed by atoms with Crippen molar-refractivity contribution in [2.45, 2.75) is 51.2 Å². The van der Waals surface area contributed by atoms with E-state index in [0.29, 0.717) is 0 Å². The second-order valence-corrected chi connectivity index (χ2v) is 9.32. The maximum atomic E-state index is 14.6. The van der Waals surface area contributed by atoms with Crippen LogP contribution in [0.1, 0.15) is 33.7 Å². The smallest absolute Gasteiger partial charge is 0.406 e. The van der Waals surface area contributed by atoms with Crippen LogP contribution in [0.3, 0.4) is 0 Å². The third-order valence-corrected chi connectivity index (χ3v) is 5.81. The van der Waals surface area contributed by atoms with Crippen LogP contribution in [0.2, 0.25) is 0 Å². The zero-order valence-electron chi connectivity index (χ0n) is 22.6. The van der Waals surface area contributed by atoms with Crippen LogP contribution in [0.5, 0.6) is 5.75 Å². The number of nitrogens with one attached hydrogen (secondary N) is 2. The summed E-state index contributed by atoms with van der Waals surface area (Å²) in [6, 6.07) is 3.81. The Hall–Kier alpha value is -5.17. The van der Waals surface area contributed by atoms with E-state index in [1.165, 1.54) is 10.9 Å². The molecular weight excluding hydrogens is 626 g/mol. The van der Waals surface area contributed by atoms with Crippen LogP contribution in [-0.2, 0) is 37.0 Å². The van der Waals surface area contributed by atoms with Crippen molar-refractivity contribution in [1.29, 1.82) is 0 Å². The Labute approximate surface area is 247 Å². The average Bonchev–Trinajstić information content (AvgIpc) is 3.61. The molecule has 0 spiro atoms. The third kappa shape index (κ3) is 9.93. The Kier molecular flexibility index (Phi) is 9.92. The van der Waals surface area contributed by atoms with Crippen molar-refractivity contribution in [3.05, 3.63) is 77.3 Å². The van der Waals surface area contributed by atoms with Gasteiger partial charge >= 0.3 is 12.5 Å². The van der Waals surface area contributed by atoms with Gasteiger partial charge in [-0.15, -0.1) is 23.4 Å². The molecule has 0 radical (unpaired) electrons. The Bertz CT molecular complexity index is 1640. The molecule has 12 nitrogen and oxygen atoms in total. The van der Waals surface area contributed by atoms with Crippen LogP contribution < -0.4 is 15.4 Å². The van der Waals surface area contributed by atoms with E-state index in [9.17, 15) is 44.7 Å². The topological polar surface area (TPSA) is 142 Å². The molecule has 0 aliphatic rings. The van der Waals surface area contributed by atoms with Crippen molar-refractivity contribution in [3.8, 4) is 5.75 Å². The summed E-state index contributed by atoms with van der Waals surface area (Å²) in [5, 5.41) is 19.4. The minimum atomic E-state index is -5.00. The van der Waals surface area contributed by atoms with Crippen LogP contribution in [0, 0.1) is 5.82 Å². The molecule has 0 aliphatic carbocycles. The van der Waals surface area contributed by atoms with Crippen LogP contribution in [0.15, 0.2) is 48.9 Å². The molecule has 4 rings (SSSR count). The molecule has 20 heteroatoms. The molecule has 2 N–H and O–H groups in total. The predicted octanol–water partition coefficient (Wildman–Crippen LogP) is 3.86. The van der Waals surface area contributed by atoms with Crippen molar-refractivity contribution in [2.24, 2.45) is 0 Å². The van der Waals surface area contributed by atoms with E-state index in [1.54, 1.807) is 0 Å². The van der Waals surface area contributed by atoms with Gasteiger partial charge in [0.05, 0.1) is 43.2 Å². The zero-order valence-corrected chi connectivity index (χ0v) is 22.6. The number of pyridine rings is 1. The summed E-state index contributed by atoms with van der Waals surface area (Å²) < 4.78 is 110. The lowest BCUT2D eigenvalue weighted by atomic mass is 10.1. The van der Waals surface area contributed by atoms with Crippen molar-refractivity contribution >= 4 is 17.6 Å². The van der Waals surface area contributed by atoms with E-state index in [2.05, 4.69) is 41.0 Å². The van der Waals surface area contributed by atoms with Crippen molar-refractivity contribution in [3.63, 3.8) is 0 Å². The van der Waals surface area contributed by atoms with Gasteiger partial charge in [-0.05, 0) is 30.3 Å². The molecule has 0 saturated heterocycles. The molecule has 0 bridgehead atoms. The maximum Gasteiger partial charge on any atom is 0.573 e. The number of alkyl halides is 7. The summed E-state index contributed by atoms with van der Waals surface area (Å²) in [6.07, 6.45) is -8.46. The summed E-state index contributed by atoms with van der Waals surface area (Å²) in [6.45, 7) is -0.638. The number of hydrogen-bond acceptors (Lipinski definition) is 8. The second-order valence-electron chi connectivity index (χ2n) is 9.32. The molecule has 0 aliphatic heterocycles. The minimum absolute atomic E-state index is 0.0124. The number of carbonyl (C=O) groups is 2. The number of aryl methyl sites for hydroxylation is 1. The first kappa shape index (κ1) is 32.7. The van der Waals surface area contributed by atoms with Crippen LogP contribution in [0.25, 0.3) is 0 Å². The van der Waals surface area contributed by atoms with Crippen LogP contribution >= 0.6 is 0 Å². The van der Waals surface area contributed by atoms with Gasteiger partial charge in [0.2, 0.25) is 5.91 Å². The fourth-order valence-corrected chi connectivity index (χ4v) is 3.78. The highest BCUT2D eigenvalue weighted by atomic mass is 19.4. The first-order valence-electron chi connectivity index (χ1n) is 12.7. The summed E-state index contributed by atoms with van der Waals surface area (Å²) in [5.41, 5.74) is -1.52. The number of nitrogens with zero attached hydrogens (tertiary/aromatic N) is 7. The molecule has 1 unspecified atom stereocenters. The second kappa shape index (κ2) is 13.6. The minimum Gasteiger partial charge on any atom is -0.406 e. The molecule has 240 valence electrons. The van der Waals surface area contributed by atoms with E-state index in [1.807, 2.05) is 0 Å².